The fraction of sp³-hybridized carbons (Fsp3) is 0.208. The predicted octanol–water partition coefficient (Wildman–Crippen LogP) is 7.08. The first-order chi connectivity index (χ1) is 14.9. The molecule has 4 nitrogen and oxygen atoms in total. The lowest BCUT2D eigenvalue weighted by atomic mass is 9.93. The van der Waals surface area contributed by atoms with Gasteiger partial charge >= 0.3 is 0 Å². The summed E-state index contributed by atoms with van der Waals surface area (Å²) in [7, 11) is 0. The van der Waals surface area contributed by atoms with Crippen molar-refractivity contribution in [1.29, 1.82) is 0 Å². The number of aromatic hydroxyl groups is 1. The summed E-state index contributed by atoms with van der Waals surface area (Å²) in [5.74, 6) is 1.05. The third-order valence-corrected chi connectivity index (χ3v) is 6.22. The van der Waals surface area contributed by atoms with Gasteiger partial charge in [-0.3, -0.25) is 10.3 Å². The summed E-state index contributed by atoms with van der Waals surface area (Å²) in [6.45, 7) is 2.58. The van der Waals surface area contributed by atoms with Gasteiger partial charge in [-0.25, -0.2) is 0 Å². The molecule has 0 fully saturated rings. The fourth-order valence-electron chi connectivity index (χ4n) is 3.68. The monoisotopic (exact) mass is 518 g/mol. The molecule has 0 aromatic heterocycles. The normalized spacial score (nSPS) is 18.5. The van der Waals surface area contributed by atoms with E-state index in [1.165, 1.54) is 0 Å². The zero-order chi connectivity index (χ0) is 22.0. The molecular formula is C24H21BrCl2N2O2. The standard InChI is InChI=1S/C24H21BrCl2N2O2/c1-2-31-17-7-3-14(4-8-17)21-13-22(19-11-15(25)5-10-23(19)30)29-24(28-21)18-9-6-16(26)12-20(18)27/h3-12,22,24,29-30H,2,13H2,1H3. The van der Waals surface area contributed by atoms with Crippen LogP contribution in [-0.2, 0) is 0 Å². The van der Waals surface area contributed by atoms with Gasteiger partial charge in [-0.1, -0.05) is 45.2 Å². The van der Waals surface area contributed by atoms with Gasteiger partial charge in [0.25, 0.3) is 0 Å². The first-order valence-corrected chi connectivity index (χ1v) is 11.5. The topological polar surface area (TPSA) is 53.8 Å². The molecule has 3 aromatic carbocycles. The van der Waals surface area contributed by atoms with E-state index in [-0.39, 0.29) is 18.0 Å². The lowest BCUT2D eigenvalue weighted by Crippen LogP contribution is -2.33. The van der Waals surface area contributed by atoms with Crippen molar-refractivity contribution in [2.75, 3.05) is 6.61 Å². The molecule has 1 heterocycles. The smallest absolute Gasteiger partial charge is 0.127 e. The number of phenolic OH excluding ortho intramolecular Hbond substituents is 1. The molecule has 160 valence electrons. The molecule has 1 aliphatic heterocycles. The number of ether oxygens (including phenoxy) is 1. The van der Waals surface area contributed by atoms with Gasteiger partial charge in [0, 0.05) is 43.8 Å². The van der Waals surface area contributed by atoms with E-state index in [1.54, 1.807) is 18.2 Å². The number of halogens is 3. The highest BCUT2D eigenvalue weighted by Gasteiger charge is 2.29. The Bertz CT molecular complexity index is 1120. The molecular weight excluding hydrogens is 499 g/mol. The Morgan fingerprint density at radius 3 is 2.55 bits per heavy atom. The minimum absolute atomic E-state index is 0.159. The molecule has 0 bridgehead atoms. The van der Waals surface area contributed by atoms with Gasteiger partial charge < -0.3 is 9.84 Å². The van der Waals surface area contributed by atoms with Crippen LogP contribution in [-0.4, -0.2) is 17.4 Å². The molecule has 7 heteroatoms. The summed E-state index contributed by atoms with van der Waals surface area (Å²) in [6.07, 6.45) is 0.225. The first kappa shape index (κ1) is 22.2. The van der Waals surface area contributed by atoms with Gasteiger partial charge in [0.15, 0.2) is 0 Å². The molecule has 2 atom stereocenters. The summed E-state index contributed by atoms with van der Waals surface area (Å²) in [5.41, 5.74) is 3.54. The second kappa shape index (κ2) is 9.61. The van der Waals surface area contributed by atoms with Crippen LogP contribution in [0.2, 0.25) is 10.0 Å². The van der Waals surface area contributed by atoms with E-state index < -0.39 is 0 Å². The zero-order valence-electron chi connectivity index (χ0n) is 16.8. The lowest BCUT2D eigenvalue weighted by molar-refractivity contribution is 0.340. The molecule has 2 N–H and O–H groups in total. The molecule has 0 amide bonds. The SMILES string of the molecule is CCOc1ccc(C2=NC(c3ccc(Cl)cc3Cl)NC(c3cc(Br)ccc3O)C2)cc1. The molecule has 0 spiro atoms. The maximum atomic E-state index is 10.5. The molecule has 2 unspecified atom stereocenters. The highest BCUT2D eigenvalue weighted by atomic mass is 79.9. The van der Waals surface area contributed by atoms with Crippen molar-refractivity contribution in [3.05, 3.63) is 91.9 Å². The van der Waals surface area contributed by atoms with Crippen molar-refractivity contribution < 1.29 is 9.84 Å². The van der Waals surface area contributed by atoms with Crippen molar-refractivity contribution >= 4 is 44.8 Å². The van der Waals surface area contributed by atoms with Crippen molar-refractivity contribution in [2.45, 2.75) is 25.6 Å². The average Bonchev–Trinajstić information content (AvgIpc) is 2.76. The number of nitrogens with one attached hydrogen (secondary N) is 1. The van der Waals surface area contributed by atoms with Crippen LogP contribution < -0.4 is 10.1 Å². The van der Waals surface area contributed by atoms with Crippen LogP contribution in [0.1, 0.15) is 42.2 Å². The maximum Gasteiger partial charge on any atom is 0.127 e. The minimum Gasteiger partial charge on any atom is -0.508 e. The van der Waals surface area contributed by atoms with Gasteiger partial charge in [0.1, 0.15) is 17.7 Å². The second-order valence-corrected chi connectivity index (χ2v) is 8.99. The molecule has 4 rings (SSSR count). The van der Waals surface area contributed by atoms with E-state index in [0.29, 0.717) is 23.1 Å². The largest absolute Gasteiger partial charge is 0.508 e. The summed E-state index contributed by atoms with van der Waals surface area (Å²) in [5, 5.41) is 15.2. The number of hydrogen-bond donors (Lipinski definition) is 2. The summed E-state index contributed by atoms with van der Waals surface area (Å²) < 4.78 is 6.46. The summed E-state index contributed by atoms with van der Waals surface area (Å²) >= 11 is 16.1. The van der Waals surface area contributed by atoms with Crippen LogP contribution in [0.4, 0.5) is 0 Å². The van der Waals surface area contributed by atoms with Gasteiger partial charge in [0.2, 0.25) is 0 Å². The second-order valence-electron chi connectivity index (χ2n) is 7.23. The Kier molecular flexibility index (Phi) is 6.87. The van der Waals surface area contributed by atoms with E-state index in [9.17, 15) is 5.11 Å². The Morgan fingerprint density at radius 2 is 1.84 bits per heavy atom. The molecule has 31 heavy (non-hydrogen) atoms. The van der Waals surface area contributed by atoms with Crippen molar-refractivity contribution in [3.63, 3.8) is 0 Å². The number of hydrogen-bond acceptors (Lipinski definition) is 4. The highest BCUT2D eigenvalue weighted by Crippen LogP contribution is 2.37. The highest BCUT2D eigenvalue weighted by molar-refractivity contribution is 9.10. The molecule has 0 radical (unpaired) electrons. The Hall–Kier alpha value is -2.05. The van der Waals surface area contributed by atoms with Crippen LogP contribution >= 0.6 is 39.1 Å². The van der Waals surface area contributed by atoms with Crippen molar-refractivity contribution in [3.8, 4) is 11.5 Å². The van der Waals surface area contributed by atoms with Gasteiger partial charge in [0.05, 0.1) is 6.61 Å². The van der Waals surface area contributed by atoms with Crippen molar-refractivity contribution in [1.82, 2.24) is 5.32 Å². The number of rotatable bonds is 5. The van der Waals surface area contributed by atoms with E-state index in [0.717, 1.165) is 32.6 Å². The maximum absolute atomic E-state index is 10.5. The third-order valence-electron chi connectivity index (χ3n) is 5.16. The molecule has 3 aromatic rings. The van der Waals surface area contributed by atoms with Crippen molar-refractivity contribution in [2.24, 2.45) is 4.99 Å². The van der Waals surface area contributed by atoms with Crippen LogP contribution in [0, 0.1) is 0 Å². The van der Waals surface area contributed by atoms with E-state index >= 15 is 0 Å². The van der Waals surface area contributed by atoms with Crippen LogP contribution in [0.5, 0.6) is 11.5 Å². The van der Waals surface area contributed by atoms with Crippen LogP contribution in [0.3, 0.4) is 0 Å². The molecule has 1 aliphatic rings. The van der Waals surface area contributed by atoms with E-state index in [1.807, 2.05) is 49.4 Å². The Balaban J connectivity index is 1.75. The average molecular weight is 520 g/mol. The van der Waals surface area contributed by atoms with E-state index in [2.05, 4.69) is 21.2 Å². The lowest BCUT2D eigenvalue weighted by Gasteiger charge is -2.31. The number of nitrogens with zero attached hydrogens (tertiary/aromatic N) is 1. The number of phenols is 1. The Morgan fingerprint density at radius 1 is 1.06 bits per heavy atom. The minimum atomic E-state index is -0.386. The van der Waals surface area contributed by atoms with Crippen LogP contribution in [0.15, 0.2) is 70.1 Å². The third kappa shape index (κ3) is 5.07. The van der Waals surface area contributed by atoms with Gasteiger partial charge in [-0.2, -0.15) is 0 Å². The predicted molar refractivity (Wildman–Crippen MR) is 130 cm³/mol. The number of benzene rings is 3. The number of aliphatic imine (C=N–C) groups is 1. The zero-order valence-corrected chi connectivity index (χ0v) is 19.9. The fourth-order valence-corrected chi connectivity index (χ4v) is 4.57. The Labute approximate surface area is 200 Å². The summed E-state index contributed by atoms with van der Waals surface area (Å²) in [6, 6.07) is 18.6. The first-order valence-electron chi connectivity index (χ1n) is 9.94. The molecule has 0 saturated carbocycles. The quantitative estimate of drug-likeness (QED) is 0.378. The molecule has 0 aliphatic carbocycles. The van der Waals surface area contributed by atoms with E-state index in [4.69, 9.17) is 32.9 Å². The summed E-state index contributed by atoms with van der Waals surface area (Å²) in [4.78, 5) is 4.96. The van der Waals surface area contributed by atoms with Gasteiger partial charge in [-0.15, -0.1) is 0 Å². The molecule has 0 saturated heterocycles. The van der Waals surface area contributed by atoms with Crippen LogP contribution in [0.25, 0.3) is 0 Å². The van der Waals surface area contributed by atoms with Gasteiger partial charge in [-0.05, 0) is 67.1 Å².